The maximum absolute atomic E-state index is 12.0. The highest BCUT2D eigenvalue weighted by Crippen LogP contribution is 2.27. The zero-order chi connectivity index (χ0) is 15.6. The Morgan fingerprint density at radius 2 is 1.76 bits per heavy atom. The van der Waals surface area contributed by atoms with Gasteiger partial charge >= 0.3 is 12.3 Å². The first-order valence-corrected chi connectivity index (χ1v) is 5.63. The molecule has 5 nitrogen and oxygen atoms in total. The van der Waals surface area contributed by atoms with Crippen molar-refractivity contribution in [3.8, 4) is 5.75 Å². The lowest BCUT2D eigenvalue weighted by Crippen LogP contribution is -2.17. The molecule has 21 heavy (non-hydrogen) atoms. The second kappa shape index (κ2) is 5.49. The average molecular weight is 302 g/mol. The van der Waals surface area contributed by atoms with Crippen LogP contribution in [0, 0.1) is 0 Å². The fraction of sp³-hybridized carbons (Fsp3) is 0.154. The zero-order valence-electron chi connectivity index (χ0n) is 10.3. The molecule has 0 bridgehead atoms. The third-order valence-electron chi connectivity index (χ3n) is 2.54. The molecule has 0 saturated heterocycles. The van der Waals surface area contributed by atoms with Gasteiger partial charge < -0.3 is 19.4 Å². The van der Waals surface area contributed by atoms with Crippen LogP contribution in [0.4, 0.5) is 13.2 Å². The molecule has 0 fully saturated rings. The molecular weight excluding hydrogens is 293 g/mol. The maximum Gasteiger partial charge on any atom is 0.573 e. The number of rotatable bonds is 4. The minimum Gasteiger partial charge on any atom is -0.475 e. The molecule has 0 radical (unpaired) electrons. The third-order valence-corrected chi connectivity index (χ3v) is 2.54. The van der Waals surface area contributed by atoms with Gasteiger partial charge in [-0.2, -0.15) is 0 Å². The predicted octanol–water partition coefficient (Wildman–Crippen LogP) is 2.96. The highest BCUT2D eigenvalue weighted by molar-refractivity contribution is 5.84. The van der Waals surface area contributed by atoms with E-state index in [1.807, 2.05) is 0 Å². The lowest BCUT2D eigenvalue weighted by atomic mass is 10.1. The van der Waals surface area contributed by atoms with Crippen molar-refractivity contribution in [1.29, 1.82) is 0 Å². The van der Waals surface area contributed by atoms with Crippen LogP contribution in [-0.4, -0.2) is 22.5 Å². The van der Waals surface area contributed by atoms with Crippen molar-refractivity contribution in [3.05, 3.63) is 53.5 Å². The summed E-state index contributed by atoms with van der Waals surface area (Å²) < 4.78 is 44.6. The Labute approximate surface area is 116 Å². The molecule has 0 spiro atoms. The minimum atomic E-state index is -4.79. The summed E-state index contributed by atoms with van der Waals surface area (Å²) in [4.78, 5) is 10.7. The van der Waals surface area contributed by atoms with Gasteiger partial charge in [0.15, 0.2) is 0 Å². The Hall–Kier alpha value is -2.48. The summed E-state index contributed by atoms with van der Waals surface area (Å²) in [6.07, 6.45) is -6.09. The summed E-state index contributed by atoms with van der Waals surface area (Å²) in [5, 5.41) is 18.7. The number of carbonyl (C=O) groups is 1. The first-order chi connectivity index (χ1) is 9.76. The molecule has 2 rings (SSSR count). The van der Waals surface area contributed by atoms with Crippen LogP contribution in [0.25, 0.3) is 0 Å². The van der Waals surface area contributed by atoms with E-state index in [-0.39, 0.29) is 17.1 Å². The van der Waals surface area contributed by atoms with E-state index in [9.17, 15) is 23.1 Å². The molecule has 1 aromatic carbocycles. The van der Waals surface area contributed by atoms with E-state index in [1.54, 1.807) is 0 Å². The number of carboxylic acids is 1. The van der Waals surface area contributed by atoms with E-state index < -0.39 is 24.2 Å². The molecule has 0 aliphatic rings. The van der Waals surface area contributed by atoms with E-state index in [2.05, 4.69) is 4.74 Å². The third kappa shape index (κ3) is 3.76. The number of hydrogen-bond donors (Lipinski definition) is 2. The second-order valence-electron chi connectivity index (χ2n) is 4.03. The SMILES string of the molecule is O=C(O)c1ccc(C(O)c2ccc(OC(F)(F)F)cc2)o1. The van der Waals surface area contributed by atoms with Gasteiger partial charge in [0.05, 0.1) is 0 Å². The van der Waals surface area contributed by atoms with E-state index in [0.717, 1.165) is 12.1 Å². The molecule has 112 valence electrons. The molecule has 0 amide bonds. The largest absolute Gasteiger partial charge is 0.573 e. The molecular formula is C13H9F3O5. The number of halogens is 3. The average Bonchev–Trinajstić information content (AvgIpc) is 2.86. The summed E-state index contributed by atoms with van der Waals surface area (Å²) in [6.45, 7) is 0. The maximum atomic E-state index is 12.0. The summed E-state index contributed by atoms with van der Waals surface area (Å²) in [6, 6.07) is 6.94. The molecule has 0 aliphatic heterocycles. The van der Waals surface area contributed by atoms with Crippen molar-refractivity contribution in [2.24, 2.45) is 0 Å². The number of alkyl halides is 3. The molecule has 1 aromatic heterocycles. The van der Waals surface area contributed by atoms with Gasteiger partial charge in [-0.25, -0.2) is 4.79 Å². The van der Waals surface area contributed by atoms with Crippen molar-refractivity contribution in [2.45, 2.75) is 12.5 Å². The standard InChI is InChI=1S/C13H9F3O5/c14-13(15,16)21-8-3-1-7(2-4-8)11(17)9-5-6-10(20-9)12(18)19/h1-6,11,17H,(H,18,19). The highest BCUT2D eigenvalue weighted by Gasteiger charge is 2.31. The van der Waals surface area contributed by atoms with E-state index in [0.29, 0.717) is 0 Å². The summed E-state index contributed by atoms with van der Waals surface area (Å²) in [5.74, 6) is -2.09. The molecule has 2 aromatic rings. The van der Waals surface area contributed by atoms with Crippen LogP contribution in [-0.2, 0) is 0 Å². The monoisotopic (exact) mass is 302 g/mol. The number of furan rings is 1. The number of ether oxygens (including phenoxy) is 1. The van der Waals surface area contributed by atoms with Crippen LogP contribution in [0.5, 0.6) is 5.75 Å². The van der Waals surface area contributed by atoms with Crippen molar-refractivity contribution in [2.75, 3.05) is 0 Å². The topological polar surface area (TPSA) is 79.9 Å². The van der Waals surface area contributed by atoms with Crippen LogP contribution in [0.15, 0.2) is 40.8 Å². The number of aromatic carboxylic acids is 1. The molecule has 1 heterocycles. The van der Waals surface area contributed by atoms with Crippen LogP contribution in [0.1, 0.15) is 28.0 Å². The smallest absolute Gasteiger partial charge is 0.475 e. The summed E-state index contributed by atoms with van der Waals surface area (Å²) in [7, 11) is 0. The molecule has 2 N–H and O–H groups in total. The van der Waals surface area contributed by atoms with Gasteiger partial charge in [-0.1, -0.05) is 12.1 Å². The van der Waals surface area contributed by atoms with Crippen LogP contribution in [0.2, 0.25) is 0 Å². The van der Waals surface area contributed by atoms with Gasteiger partial charge in [-0.05, 0) is 29.8 Å². The number of aliphatic hydroxyl groups is 1. The van der Waals surface area contributed by atoms with E-state index >= 15 is 0 Å². The number of benzene rings is 1. The molecule has 0 saturated carbocycles. The Morgan fingerprint density at radius 3 is 2.24 bits per heavy atom. The van der Waals surface area contributed by atoms with Gasteiger partial charge in [0.25, 0.3) is 0 Å². The number of carboxylic acid groups (broad SMARTS) is 1. The fourth-order valence-electron chi connectivity index (χ4n) is 1.63. The Kier molecular flexibility index (Phi) is 3.90. The number of aliphatic hydroxyl groups excluding tert-OH is 1. The molecule has 0 aliphatic carbocycles. The summed E-state index contributed by atoms with van der Waals surface area (Å²) in [5.41, 5.74) is 0.232. The van der Waals surface area contributed by atoms with Gasteiger partial charge in [0, 0.05) is 0 Å². The highest BCUT2D eigenvalue weighted by atomic mass is 19.4. The van der Waals surface area contributed by atoms with Gasteiger partial charge in [-0.3, -0.25) is 0 Å². The normalized spacial score (nSPS) is 13.0. The zero-order valence-corrected chi connectivity index (χ0v) is 10.3. The van der Waals surface area contributed by atoms with E-state index in [1.165, 1.54) is 24.3 Å². The molecule has 1 unspecified atom stereocenters. The number of hydrogen-bond acceptors (Lipinski definition) is 4. The minimum absolute atomic E-state index is 0.0307. The van der Waals surface area contributed by atoms with Gasteiger partial charge in [0.1, 0.15) is 17.6 Å². The van der Waals surface area contributed by atoms with Crippen molar-refractivity contribution in [1.82, 2.24) is 0 Å². The Bertz CT molecular complexity index is 630. The molecule has 8 heteroatoms. The van der Waals surface area contributed by atoms with Crippen LogP contribution >= 0.6 is 0 Å². The summed E-state index contributed by atoms with van der Waals surface area (Å²) >= 11 is 0. The predicted molar refractivity (Wildman–Crippen MR) is 62.9 cm³/mol. The first-order valence-electron chi connectivity index (χ1n) is 5.63. The van der Waals surface area contributed by atoms with Gasteiger partial charge in [-0.15, -0.1) is 13.2 Å². The Balaban J connectivity index is 2.15. The van der Waals surface area contributed by atoms with Crippen LogP contribution < -0.4 is 4.74 Å². The van der Waals surface area contributed by atoms with Crippen molar-refractivity contribution in [3.63, 3.8) is 0 Å². The lowest BCUT2D eigenvalue weighted by Gasteiger charge is -2.11. The van der Waals surface area contributed by atoms with Crippen molar-refractivity contribution >= 4 is 5.97 Å². The van der Waals surface area contributed by atoms with Crippen molar-refractivity contribution < 1.29 is 37.3 Å². The van der Waals surface area contributed by atoms with E-state index in [4.69, 9.17) is 9.52 Å². The van der Waals surface area contributed by atoms with Gasteiger partial charge in [0.2, 0.25) is 5.76 Å². The fourth-order valence-corrected chi connectivity index (χ4v) is 1.63. The lowest BCUT2D eigenvalue weighted by molar-refractivity contribution is -0.274. The second-order valence-corrected chi connectivity index (χ2v) is 4.03. The Morgan fingerprint density at radius 1 is 1.14 bits per heavy atom. The molecule has 1 atom stereocenters. The quantitative estimate of drug-likeness (QED) is 0.907. The van der Waals surface area contributed by atoms with Crippen LogP contribution in [0.3, 0.4) is 0 Å². The first kappa shape index (κ1) is 14.9.